The summed E-state index contributed by atoms with van der Waals surface area (Å²) in [6, 6.07) is 6.11. The third-order valence-corrected chi connectivity index (χ3v) is 4.33. The fraction of sp³-hybridized carbons (Fsp3) is 0.278. The third kappa shape index (κ3) is 2.53. The summed E-state index contributed by atoms with van der Waals surface area (Å²) in [6.07, 6.45) is -2.82. The zero-order valence-electron chi connectivity index (χ0n) is 14.4. The average molecular weight is 359 g/mol. The van der Waals surface area contributed by atoms with E-state index in [1.165, 1.54) is 6.07 Å². The average Bonchev–Trinajstić information content (AvgIpc) is 3.17. The highest BCUT2D eigenvalue weighted by Crippen LogP contribution is 2.32. The van der Waals surface area contributed by atoms with E-state index in [0.29, 0.717) is 11.3 Å². The van der Waals surface area contributed by atoms with Gasteiger partial charge in [-0.15, -0.1) is 0 Å². The lowest BCUT2D eigenvalue weighted by Crippen LogP contribution is -2.09. The van der Waals surface area contributed by atoms with Gasteiger partial charge in [0, 0.05) is 17.0 Å². The molecular weight excluding hydrogens is 343 g/mol. The Morgan fingerprint density at radius 2 is 1.88 bits per heavy atom. The molecule has 1 N–H and O–H groups in total. The summed E-state index contributed by atoms with van der Waals surface area (Å²) < 4.78 is 41.1. The van der Waals surface area contributed by atoms with Crippen LogP contribution in [-0.2, 0) is 6.18 Å². The van der Waals surface area contributed by atoms with Crippen LogP contribution in [0.2, 0.25) is 0 Å². The Labute approximate surface area is 146 Å². The number of pyridine rings is 1. The normalized spacial score (nSPS) is 12.6. The molecule has 0 saturated heterocycles. The third-order valence-electron chi connectivity index (χ3n) is 4.33. The number of hydrogen-bond acceptors (Lipinski definition) is 3. The van der Waals surface area contributed by atoms with E-state index in [0.717, 1.165) is 28.2 Å². The van der Waals surface area contributed by atoms with Crippen LogP contribution in [0.4, 0.5) is 13.2 Å². The van der Waals surface area contributed by atoms with Crippen LogP contribution in [-0.4, -0.2) is 24.7 Å². The van der Waals surface area contributed by atoms with Crippen LogP contribution in [0.25, 0.3) is 27.8 Å². The smallest absolute Gasteiger partial charge is 0.280 e. The summed E-state index contributed by atoms with van der Waals surface area (Å²) in [4.78, 5) is 8.39. The van der Waals surface area contributed by atoms with Crippen LogP contribution in [0.15, 0.2) is 30.5 Å². The number of hydrogen-bond donors (Lipinski definition) is 1. The zero-order valence-corrected chi connectivity index (χ0v) is 14.4. The van der Waals surface area contributed by atoms with E-state index in [1.807, 2.05) is 32.9 Å². The van der Waals surface area contributed by atoms with Gasteiger partial charge in [0.2, 0.25) is 0 Å². The molecule has 4 aromatic rings. The van der Waals surface area contributed by atoms with E-state index in [-0.39, 0.29) is 11.6 Å². The number of imidazole rings is 1. The van der Waals surface area contributed by atoms with Gasteiger partial charge in [-0.05, 0) is 36.8 Å². The summed E-state index contributed by atoms with van der Waals surface area (Å²) in [5.41, 5.74) is 2.26. The largest absolute Gasteiger partial charge is 0.433 e. The van der Waals surface area contributed by atoms with Gasteiger partial charge < -0.3 is 0 Å². The second-order valence-electron chi connectivity index (χ2n) is 6.59. The van der Waals surface area contributed by atoms with Crippen LogP contribution >= 0.6 is 0 Å². The molecule has 5 nitrogen and oxygen atoms in total. The van der Waals surface area contributed by atoms with Gasteiger partial charge in [0.1, 0.15) is 17.0 Å². The highest BCUT2D eigenvalue weighted by atomic mass is 19.4. The molecule has 0 aliphatic rings. The Morgan fingerprint density at radius 3 is 2.58 bits per heavy atom. The van der Waals surface area contributed by atoms with Gasteiger partial charge in [0.05, 0.1) is 11.7 Å². The molecule has 0 spiro atoms. The van der Waals surface area contributed by atoms with E-state index in [9.17, 15) is 13.2 Å². The number of aromatic amines is 1. The molecule has 8 heteroatoms. The minimum absolute atomic E-state index is 0.0129. The van der Waals surface area contributed by atoms with Crippen molar-refractivity contribution in [1.29, 1.82) is 0 Å². The first-order valence-corrected chi connectivity index (χ1v) is 8.16. The molecule has 0 aliphatic heterocycles. The van der Waals surface area contributed by atoms with Gasteiger partial charge in [0.15, 0.2) is 5.65 Å². The monoisotopic (exact) mass is 359 g/mol. The SMILES string of the molecule is Cc1cc(-n2c(C(C)C)nc3ccc(C(F)(F)F)nc32)cc2cn[nH]c12. The van der Waals surface area contributed by atoms with E-state index < -0.39 is 11.9 Å². The number of halogens is 3. The lowest BCUT2D eigenvalue weighted by Gasteiger charge is -2.13. The number of alkyl halides is 3. The van der Waals surface area contributed by atoms with Crippen molar-refractivity contribution >= 4 is 22.1 Å². The van der Waals surface area contributed by atoms with Crippen molar-refractivity contribution in [3.8, 4) is 5.69 Å². The van der Waals surface area contributed by atoms with Gasteiger partial charge in [-0.25, -0.2) is 9.97 Å². The van der Waals surface area contributed by atoms with Crippen LogP contribution in [0.1, 0.15) is 36.8 Å². The van der Waals surface area contributed by atoms with Crippen molar-refractivity contribution in [3.05, 3.63) is 47.5 Å². The van der Waals surface area contributed by atoms with Gasteiger partial charge in [-0.1, -0.05) is 13.8 Å². The number of benzene rings is 1. The predicted molar refractivity (Wildman–Crippen MR) is 92.3 cm³/mol. The Balaban J connectivity index is 2.06. The first-order chi connectivity index (χ1) is 12.3. The maximum Gasteiger partial charge on any atom is 0.433 e. The highest BCUT2D eigenvalue weighted by molar-refractivity contribution is 5.85. The summed E-state index contributed by atoms with van der Waals surface area (Å²) in [6.45, 7) is 5.82. The van der Waals surface area contributed by atoms with E-state index in [4.69, 9.17) is 0 Å². The van der Waals surface area contributed by atoms with Crippen LogP contribution in [0.3, 0.4) is 0 Å². The predicted octanol–water partition coefficient (Wildman–Crippen LogP) is 4.75. The van der Waals surface area contributed by atoms with Crippen LogP contribution in [0, 0.1) is 6.92 Å². The molecule has 0 saturated carbocycles. The zero-order chi connectivity index (χ0) is 18.6. The molecule has 3 heterocycles. The van der Waals surface area contributed by atoms with E-state index in [2.05, 4.69) is 20.2 Å². The summed E-state index contributed by atoms with van der Waals surface area (Å²) in [5.74, 6) is 0.674. The molecule has 26 heavy (non-hydrogen) atoms. The number of aromatic nitrogens is 5. The van der Waals surface area contributed by atoms with Gasteiger partial charge in [-0.2, -0.15) is 18.3 Å². The van der Waals surface area contributed by atoms with Gasteiger partial charge in [-0.3, -0.25) is 9.67 Å². The molecule has 0 fully saturated rings. The Morgan fingerprint density at radius 1 is 1.12 bits per heavy atom. The summed E-state index contributed by atoms with van der Waals surface area (Å²) >= 11 is 0. The number of nitrogens with zero attached hydrogens (tertiary/aromatic N) is 4. The Kier molecular flexibility index (Phi) is 3.54. The van der Waals surface area contributed by atoms with Crippen molar-refractivity contribution < 1.29 is 13.2 Å². The standard InChI is InChI=1S/C18H16F3N5/c1-9(2)16-23-13-4-5-14(18(19,20)21)24-17(13)26(16)12-6-10(3)15-11(7-12)8-22-25-15/h4-9H,1-3H3,(H,22,25). The summed E-state index contributed by atoms with van der Waals surface area (Å²) in [5, 5.41) is 7.84. The Hall–Kier alpha value is -2.90. The first kappa shape index (κ1) is 16.6. The van der Waals surface area contributed by atoms with E-state index in [1.54, 1.807) is 10.8 Å². The van der Waals surface area contributed by atoms with Crippen molar-refractivity contribution in [2.75, 3.05) is 0 Å². The minimum atomic E-state index is -4.51. The number of nitrogens with one attached hydrogen (secondary N) is 1. The van der Waals surface area contributed by atoms with Gasteiger partial charge >= 0.3 is 6.18 Å². The van der Waals surface area contributed by atoms with Crippen molar-refractivity contribution in [2.45, 2.75) is 32.9 Å². The van der Waals surface area contributed by atoms with Crippen molar-refractivity contribution in [3.63, 3.8) is 0 Å². The molecule has 0 unspecified atom stereocenters. The lowest BCUT2D eigenvalue weighted by atomic mass is 10.1. The van der Waals surface area contributed by atoms with E-state index >= 15 is 0 Å². The number of aryl methyl sites for hydroxylation is 1. The number of H-pyrrole nitrogens is 1. The Bertz CT molecular complexity index is 1120. The van der Waals surface area contributed by atoms with Crippen molar-refractivity contribution in [2.24, 2.45) is 0 Å². The second-order valence-corrected chi connectivity index (χ2v) is 6.59. The maximum absolute atomic E-state index is 13.1. The molecule has 134 valence electrons. The fourth-order valence-corrected chi connectivity index (χ4v) is 3.12. The molecule has 0 amide bonds. The second kappa shape index (κ2) is 5.55. The molecule has 0 radical (unpaired) electrons. The van der Waals surface area contributed by atoms with Crippen molar-refractivity contribution in [1.82, 2.24) is 24.7 Å². The molecule has 0 atom stereocenters. The number of rotatable bonds is 2. The van der Waals surface area contributed by atoms with Crippen LogP contribution in [0.5, 0.6) is 0 Å². The molecule has 4 rings (SSSR count). The van der Waals surface area contributed by atoms with Gasteiger partial charge in [0.25, 0.3) is 0 Å². The molecule has 0 bridgehead atoms. The highest BCUT2D eigenvalue weighted by Gasteiger charge is 2.33. The summed E-state index contributed by atoms with van der Waals surface area (Å²) in [7, 11) is 0. The first-order valence-electron chi connectivity index (χ1n) is 8.16. The molecule has 3 aromatic heterocycles. The molecular formula is C18H16F3N5. The van der Waals surface area contributed by atoms with Crippen LogP contribution < -0.4 is 0 Å². The topological polar surface area (TPSA) is 59.4 Å². The molecule has 1 aromatic carbocycles. The number of fused-ring (bicyclic) bond motifs is 2. The minimum Gasteiger partial charge on any atom is -0.280 e. The maximum atomic E-state index is 13.1. The molecule has 0 aliphatic carbocycles. The lowest BCUT2D eigenvalue weighted by molar-refractivity contribution is -0.141. The fourth-order valence-electron chi connectivity index (χ4n) is 3.12. The quantitative estimate of drug-likeness (QED) is 0.562.